The minimum Gasteiger partial charge on any atom is -0.467 e. The summed E-state index contributed by atoms with van der Waals surface area (Å²) in [6, 6.07) is 10.0. The molecule has 39 heavy (non-hydrogen) atoms. The smallest absolute Gasteiger partial charge is 0.274 e. The molecule has 2 aromatic heterocycles. The van der Waals surface area contributed by atoms with E-state index in [-0.39, 0.29) is 11.9 Å². The Bertz CT molecular complexity index is 1430. The Labute approximate surface area is 239 Å². The molecule has 5 rings (SSSR count). The fourth-order valence-corrected chi connectivity index (χ4v) is 7.51. The molecule has 1 N–H and O–H groups in total. The number of pyridine rings is 1. The van der Waals surface area contributed by atoms with E-state index in [1.54, 1.807) is 35.7 Å². The molecule has 0 aliphatic carbocycles. The molecule has 3 aromatic rings. The van der Waals surface area contributed by atoms with Crippen LogP contribution in [0.2, 0.25) is 5.02 Å². The van der Waals surface area contributed by atoms with E-state index in [1.807, 2.05) is 24.3 Å². The second-order valence-electron chi connectivity index (χ2n) is 10.9. The van der Waals surface area contributed by atoms with Crippen LogP contribution in [0.1, 0.15) is 51.5 Å². The average molecular weight is 591 g/mol. The van der Waals surface area contributed by atoms with E-state index < -0.39 is 15.6 Å². The number of aliphatic hydroxyl groups is 1. The van der Waals surface area contributed by atoms with E-state index in [2.05, 4.69) is 22.0 Å². The molecule has 8 nitrogen and oxygen atoms in total. The van der Waals surface area contributed by atoms with Crippen LogP contribution in [0.25, 0.3) is 15.8 Å². The summed E-state index contributed by atoms with van der Waals surface area (Å²) in [7, 11) is -3.34. The number of anilines is 1. The summed E-state index contributed by atoms with van der Waals surface area (Å²) in [5.41, 5.74) is 2.31. The number of ether oxygens (including phenoxy) is 1. The topological polar surface area (TPSA) is 95.9 Å². The van der Waals surface area contributed by atoms with Crippen LogP contribution in [0.5, 0.6) is 5.19 Å². The lowest BCUT2D eigenvalue weighted by Crippen LogP contribution is -2.38. The van der Waals surface area contributed by atoms with Gasteiger partial charge in [0.2, 0.25) is 10.0 Å². The van der Waals surface area contributed by atoms with Crippen LogP contribution in [0, 0.1) is 0 Å². The van der Waals surface area contributed by atoms with Gasteiger partial charge in [-0.15, -0.1) is 0 Å². The van der Waals surface area contributed by atoms with Gasteiger partial charge >= 0.3 is 0 Å². The third kappa shape index (κ3) is 7.29. The van der Waals surface area contributed by atoms with E-state index in [0.29, 0.717) is 42.6 Å². The zero-order valence-corrected chi connectivity index (χ0v) is 24.7. The van der Waals surface area contributed by atoms with Crippen LogP contribution < -0.4 is 9.64 Å². The van der Waals surface area contributed by atoms with Gasteiger partial charge in [0.05, 0.1) is 26.6 Å². The van der Waals surface area contributed by atoms with E-state index in [1.165, 1.54) is 0 Å². The Morgan fingerprint density at radius 1 is 1.18 bits per heavy atom. The van der Waals surface area contributed by atoms with Gasteiger partial charge in [0.25, 0.3) is 5.19 Å². The lowest BCUT2D eigenvalue weighted by Gasteiger charge is -2.32. The Morgan fingerprint density at radius 2 is 1.97 bits per heavy atom. The fraction of sp³-hybridized carbons (Fsp3) is 0.500. The highest BCUT2D eigenvalue weighted by Crippen LogP contribution is 2.34. The zero-order valence-electron chi connectivity index (χ0n) is 22.3. The molecular weight excluding hydrogens is 556 g/mol. The molecule has 0 amide bonds. The average Bonchev–Trinajstić information content (AvgIpc) is 3.30. The molecule has 210 valence electrons. The zero-order chi connectivity index (χ0) is 27.6. The quantitative estimate of drug-likeness (QED) is 0.358. The molecule has 2 aliphatic heterocycles. The third-order valence-electron chi connectivity index (χ3n) is 7.24. The molecule has 1 saturated heterocycles. The van der Waals surface area contributed by atoms with Gasteiger partial charge < -0.3 is 14.7 Å². The van der Waals surface area contributed by atoms with Crippen LogP contribution in [0.3, 0.4) is 0 Å². The van der Waals surface area contributed by atoms with Crippen molar-refractivity contribution in [3.05, 3.63) is 53.2 Å². The maximum Gasteiger partial charge on any atom is 0.274 e. The van der Waals surface area contributed by atoms with Crippen LogP contribution in [0.15, 0.2) is 42.6 Å². The summed E-state index contributed by atoms with van der Waals surface area (Å²) in [5, 5.41) is 11.2. The van der Waals surface area contributed by atoms with Gasteiger partial charge in [0.1, 0.15) is 11.9 Å². The van der Waals surface area contributed by atoms with Crippen molar-refractivity contribution in [1.82, 2.24) is 14.3 Å². The van der Waals surface area contributed by atoms with Gasteiger partial charge in [-0.05, 0) is 68.5 Å². The molecule has 0 bridgehead atoms. The predicted molar refractivity (Wildman–Crippen MR) is 158 cm³/mol. The normalized spacial score (nSPS) is 17.9. The van der Waals surface area contributed by atoms with E-state index >= 15 is 0 Å². The van der Waals surface area contributed by atoms with Crippen molar-refractivity contribution in [3.8, 4) is 5.19 Å². The van der Waals surface area contributed by atoms with Crippen molar-refractivity contribution in [3.63, 3.8) is 0 Å². The summed E-state index contributed by atoms with van der Waals surface area (Å²) in [5.74, 6) is 1.00. The summed E-state index contributed by atoms with van der Waals surface area (Å²) >= 11 is 7.52. The number of fused-ring (bicyclic) bond motifs is 1. The Balaban J connectivity index is 1.17. The number of sulfonamides is 1. The third-order valence-corrected chi connectivity index (χ3v) is 10.3. The van der Waals surface area contributed by atoms with Crippen molar-refractivity contribution in [1.29, 1.82) is 0 Å². The van der Waals surface area contributed by atoms with Gasteiger partial charge in [0.15, 0.2) is 0 Å². The SMILES string of the molecule is CC(C)(O)CCCS(=O)(=O)N1CC=C(c2ccc3nc(OC4CCN(c5ccc(Cl)cn5)CC4)sc3c2)CC1. The van der Waals surface area contributed by atoms with Crippen molar-refractivity contribution < 1.29 is 18.3 Å². The molecule has 11 heteroatoms. The highest BCUT2D eigenvalue weighted by atomic mass is 35.5. The van der Waals surface area contributed by atoms with Gasteiger partial charge in [0, 0.05) is 45.2 Å². The van der Waals surface area contributed by atoms with Gasteiger partial charge in [-0.25, -0.2) is 18.4 Å². The molecule has 0 saturated carbocycles. The standard InChI is InChI=1S/C28H35ClN4O4S2/c1-28(2,34)12-3-17-39(35,36)33-15-8-20(9-16-33)21-4-6-24-25(18-21)38-27(31-24)37-23-10-13-32(14-11-23)26-7-5-22(29)19-30-26/h4-8,18-19,23,34H,3,9-17H2,1-2H3. The van der Waals surface area contributed by atoms with E-state index in [9.17, 15) is 13.5 Å². The van der Waals surface area contributed by atoms with E-state index in [4.69, 9.17) is 21.3 Å². The second kappa shape index (κ2) is 11.7. The minimum absolute atomic E-state index is 0.0623. The largest absolute Gasteiger partial charge is 0.467 e. The first-order chi connectivity index (χ1) is 18.6. The Kier molecular flexibility index (Phi) is 8.49. The van der Waals surface area contributed by atoms with Crippen LogP contribution in [0.4, 0.5) is 5.82 Å². The number of benzene rings is 1. The van der Waals surface area contributed by atoms with Crippen LogP contribution >= 0.6 is 22.9 Å². The first-order valence-corrected chi connectivity index (χ1v) is 16.2. The lowest BCUT2D eigenvalue weighted by molar-refractivity contribution is 0.0704. The summed E-state index contributed by atoms with van der Waals surface area (Å²) < 4.78 is 34.4. The van der Waals surface area contributed by atoms with Gasteiger partial charge in [-0.1, -0.05) is 35.1 Å². The number of thiazole rings is 1. The Morgan fingerprint density at radius 3 is 2.64 bits per heavy atom. The molecule has 0 unspecified atom stereocenters. The molecule has 0 radical (unpaired) electrons. The van der Waals surface area contributed by atoms with Gasteiger partial charge in [-0.3, -0.25) is 0 Å². The maximum absolute atomic E-state index is 12.7. The molecule has 2 aliphatic rings. The van der Waals surface area contributed by atoms with Crippen molar-refractivity contribution in [2.24, 2.45) is 0 Å². The first kappa shape index (κ1) is 28.3. The monoisotopic (exact) mass is 590 g/mol. The maximum atomic E-state index is 12.7. The van der Waals surface area contributed by atoms with Crippen molar-refractivity contribution >= 4 is 54.6 Å². The number of piperidine rings is 1. The lowest BCUT2D eigenvalue weighted by atomic mass is 10.0. The number of rotatable bonds is 9. The molecule has 0 atom stereocenters. The first-order valence-electron chi connectivity index (χ1n) is 13.4. The molecule has 1 aromatic carbocycles. The van der Waals surface area contributed by atoms with E-state index in [0.717, 1.165) is 53.1 Å². The van der Waals surface area contributed by atoms with Crippen molar-refractivity contribution in [2.45, 2.75) is 57.7 Å². The predicted octanol–water partition coefficient (Wildman–Crippen LogP) is 5.36. The molecule has 0 spiro atoms. The fourth-order valence-electron chi connectivity index (χ4n) is 5.04. The number of halogens is 1. The summed E-state index contributed by atoms with van der Waals surface area (Å²) in [6.45, 7) is 5.99. The minimum atomic E-state index is -3.34. The second-order valence-corrected chi connectivity index (χ2v) is 14.4. The number of hydrogen-bond acceptors (Lipinski definition) is 8. The summed E-state index contributed by atoms with van der Waals surface area (Å²) in [4.78, 5) is 11.4. The molecule has 1 fully saturated rings. The van der Waals surface area contributed by atoms with Crippen LogP contribution in [-0.4, -0.2) is 71.4 Å². The highest BCUT2D eigenvalue weighted by molar-refractivity contribution is 7.89. The summed E-state index contributed by atoms with van der Waals surface area (Å²) in [6.07, 6.45) is 7.18. The van der Waals surface area contributed by atoms with Gasteiger partial charge in [-0.2, -0.15) is 4.31 Å². The number of nitrogens with zero attached hydrogens (tertiary/aromatic N) is 4. The number of hydrogen-bond donors (Lipinski definition) is 1. The number of aromatic nitrogens is 2. The highest BCUT2D eigenvalue weighted by Gasteiger charge is 2.26. The van der Waals surface area contributed by atoms with Crippen LogP contribution in [-0.2, 0) is 10.0 Å². The molecule has 4 heterocycles. The molecular formula is C28H35ClN4O4S2. The van der Waals surface area contributed by atoms with Crippen molar-refractivity contribution in [2.75, 3.05) is 36.8 Å². The Hall–Kier alpha value is -2.24.